The largest absolute Gasteiger partial charge is 0.349 e. The molecule has 4 heteroatoms. The minimum absolute atomic E-state index is 0.0353. The number of nitrogens with one attached hydrogen (secondary N) is 1. The first kappa shape index (κ1) is 14.6. The molecule has 2 aromatic rings. The molecule has 3 N–H and O–H groups in total. The SMILES string of the molecule is NC1CC2CCCC(C1)C2NC(=O)c1ccc2ncccc2c1. The van der Waals surface area contributed by atoms with Crippen LogP contribution in [0.1, 0.15) is 42.5 Å². The molecule has 2 aliphatic carbocycles. The fourth-order valence-electron chi connectivity index (χ4n) is 4.48. The van der Waals surface area contributed by atoms with E-state index in [4.69, 9.17) is 5.73 Å². The van der Waals surface area contributed by atoms with Gasteiger partial charge in [0.25, 0.3) is 5.91 Å². The molecule has 2 atom stereocenters. The maximum absolute atomic E-state index is 12.7. The van der Waals surface area contributed by atoms with Crippen molar-refractivity contribution in [2.75, 3.05) is 0 Å². The number of benzene rings is 1. The van der Waals surface area contributed by atoms with Gasteiger partial charge in [-0.2, -0.15) is 0 Å². The van der Waals surface area contributed by atoms with Gasteiger partial charge in [-0.15, -0.1) is 0 Å². The zero-order valence-corrected chi connectivity index (χ0v) is 13.2. The quantitative estimate of drug-likeness (QED) is 0.896. The normalized spacial score (nSPS) is 30.1. The lowest BCUT2D eigenvalue weighted by Gasteiger charge is -2.45. The molecule has 2 unspecified atom stereocenters. The standard InChI is InChI=1S/C19H23N3O/c20-16-10-13-3-1-4-14(11-16)18(13)22-19(23)15-6-7-17-12(9-15)5-2-8-21-17/h2,5-9,13-14,16,18H,1,3-4,10-11,20H2,(H,22,23). The van der Waals surface area contributed by atoms with E-state index < -0.39 is 0 Å². The minimum Gasteiger partial charge on any atom is -0.349 e. The summed E-state index contributed by atoms with van der Waals surface area (Å²) in [7, 11) is 0. The number of rotatable bonds is 2. The maximum Gasteiger partial charge on any atom is 0.251 e. The molecule has 1 aromatic heterocycles. The van der Waals surface area contributed by atoms with Crippen molar-refractivity contribution in [2.24, 2.45) is 17.6 Å². The Bertz CT molecular complexity index is 715. The van der Waals surface area contributed by atoms with Gasteiger partial charge >= 0.3 is 0 Å². The predicted molar refractivity (Wildman–Crippen MR) is 91.0 cm³/mol. The lowest BCUT2D eigenvalue weighted by atomic mass is 9.67. The van der Waals surface area contributed by atoms with Crippen LogP contribution in [0.2, 0.25) is 0 Å². The first-order valence-electron chi connectivity index (χ1n) is 8.62. The minimum atomic E-state index is 0.0353. The van der Waals surface area contributed by atoms with Gasteiger partial charge < -0.3 is 11.1 Å². The number of amides is 1. The molecule has 4 nitrogen and oxygen atoms in total. The molecular formula is C19H23N3O. The summed E-state index contributed by atoms with van der Waals surface area (Å²) in [4.78, 5) is 17.0. The van der Waals surface area contributed by atoms with Crippen LogP contribution in [0.3, 0.4) is 0 Å². The number of hydrogen-bond acceptors (Lipinski definition) is 3. The maximum atomic E-state index is 12.7. The number of nitrogens with two attached hydrogens (primary N) is 1. The van der Waals surface area contributed by atoms with Gasteiger partial charge in [0.15, 0.2) is 0 Å². The molecule has 2 bridgehead atoms. The smallest absolute Gasteiger partial charge is 0.251 e. The van der Waals surface area contributed by atoms with E-state index in [-0.39, 0.29) is 5.91 Å². The number of fused-ring (bicyclic) bond motifs is 3. The third-order valence-electron chi connectivity index (χ3n) is 5.54. The second-order valence-corrected chi connectivity index (χ2v) is 7.09. The highest BCUT2D eigenvalue weighted by Gasteiger charge is 2.39. The molecule has 23 heavy (non-hydrogen) atoms. The van der Waals surface area contributed by atoms with Gasteiger partial charge in [-0.3, -0.25) is 9.78 Å². The number of pyridine rings is 1. The second-order valence-electron chi connectivity index (χ2n) is 7.09. The van der Waals surface area contributed by atoms with Crippen molar-refractivity contribution in [1.82, 2.24) is 10.3 Å². The highest BCUT2D eigenvalue weighted by atomic mass is 16.1. The van der Waals surface area contributed by atoms with E-state index in [1.165, 1.54) is 19.3 Å². The summed E-state index contributed by atoms with van der Waals surface area (Å²) in [5, 5.41) is 4.31. The second kappa shape index (κ2) is 5.93. The third-order valence-corrected chi connectivity index (χ3v) is 5.54. The zero-order valence-electron chi connectivity index (χ0n) is 13.2. The Morgan fingerprint density at radius 2 is 1.96 bits per heavy atom. The Balaban J connectivity index is 1.54. The molecule has 1 heterocycles. The monoisotopic (exact) mass is 309 g/mol. The molecule has 2 aliphatic rings. The highest BCUT2D eigenvalue weighted by Crippen LogP contribution is 2.39. The van der Waals surface area contributed by atoms with Crippen molar-refractivity contribution in [3.8, 4) is 0 Å². The lowest BCUT2D eigenvalue weighted by molar-refractivity contribution is 0.0756. The number of hydrogen-bond donors (Lipinski definition) is 2. The van der Waals surface area contributed by atoms with E-state index in [1.807, 2.05) is 30.3 Å². The van der Waals surface area contributed by atoms with Gasteiger partial charge in [0.1, 0.15) is 0 Å². The fraction of sp³-hybridized carbons (Fsp3) is 0.474. The number of nitrogens with zero attached hydrogens (tertiary/aromatic N) is 1. The Labute approximate surface area is 136 Å². The summed E-state index contributed by atoms with van der Waals surface area (Å²) >= 11 is 0. The third kappa shape index (κ3) is 2.83. The fourth-order valence-corrected chi connectivity index (χ4v) is 4.48. The van der Waals surface area contributed by atoms with Crippen LogP contribution in [-0.2, 0) is 0 Å². The number of aromatic nitrogens is 1. The van der Waals surface area contributed by atoms with Gasteiger partial charge in [-0.25, -0.2) is 0 Å². The number of carbonyl (C=O) groups is 1. The topological polar surface area (TPSA) is 68.0 Å². The van der Waals surface area contributed by atoms with E-state index in [2.05, 4.69) is 10.3 Å². The first-order valence-corrected chi connectivity index (χ1v) is 8.62. The lowest BCUT2D eigenvalue weighted by Crippen LogP contribution is -2.53. The van der Waals surface area contributed by atoms with Crippen LogP contribution in [0.15, 0.2) is 36.5 Å². The molecule has 0 spiro atoms. The van der Waals surface area contributed by atoms with Crippen molar-refractivity contribution in [1.29, 1.82) is 0 Å². The summed E-state index contributed by atoms with van der Waals surface area (Å²) in [6.45, 7) is 0. The first-order chi connectivity index (χ1) is 11.2. The summed E-state index contributed by atoms with van der Waals surface area (Å²) in [5.74, 6) is 1.13. The molecule has 0 radical (unpaired) electrons. The van der Waals surface area contributed by atoms with Crippen LogP contribution in [0.25, 0.3) is 10.9 Å². The molecule has 1 aromatic carbocycles. The summed E-state index contributed by atoms with van der Waals surface area (Å²) in [6.07, 6.45) is 7.52. The van der Waals surface area contributed by atoms with Crippen LogP contribution >= 0.6 is 0 Å². The van der Waals surface area contributed by atoms with E-state index in [0.29, 0.717) is 23.9 Å². The molecular weight excluding hydrogens is 286 g/mol. The average molecular weight is 309 g/mol. The van der Waals surface area contributed by atoms with Crippen molar-refractivity contribution in [3.63, 3.8) is 0 Å². The van der Waals surface area contributed by atoms with Crippen molar-refractivity contribution >= 4 is 16.8 Å². The summed E-state index contributed by atoms with van der Waals surface area (Å²) in [5.41, 5.74) is 7.81. The van der Waals surface area contributed by atoms with Crippen molar-refractivity contribution in [2.45, 2.75) is 44.2 Å². The Hall–Kier alpha value is -1.94. The van der Waals surface area contributed by atoms with Gasteiger partial charge in [-0.05, 0) is 61.8 Å². The molecule has 4 rings (SSSR count). The Kier molecular flexibility index (Phi) is 3.77. The highest BCUT2D eigenvalue weighted by molar-refractivity contribution is 5.98. The molecule has 0 saturated heterocycles. The van der Waals surface area contributed by atoms with Gasteiger partial charge in [0.05, 0.1) is 5.52 Å². The molecule has 0 aliphatic heterocycles. The predicted octanol–water partition coefficient (Wildman–Crippen LogP) is 2.87. The van der Waals surface area contributed by atoms with Crippen LogP contribution in [-0.4, -0.2) is 23.0 Å². The van der Waals surface area contributed by atoms with Crippen molar-refractivity contribution in [3.05, 3.63) is 42.1 Å². The molecule has 120 valence electrons. The molecule has 2 saturated carbocycles. The summed E-state index contributed by atoms with van der Waals surface area (Å²) in [6, 6.07) is 10.2. The molecule has 2 fully saturated rings. The van der Waals surface area contributed by atoms with Crippen LogP contribution < -0.4 is 11.1 Å². The zero-order chi connectivity index (χ0) is 15.8. The van der Waals surface area contributed by atoms with E-state index in [1.54, 1.807) is 6.20 Å². The van der Waals surface area contributed by atoms with Crippen LogP contribution in [0.5, 0.6) is 0 Å². The van der Waals surface area contributed by atoms with E-state index in [0.717, 1.165) is 29.3 Å². The number of carbonyl (C=O) groups excluding carboxylic acids is 1. The molecule has 1 amide bonds. The van der Waals surface area contributed by atoms with Gasteiger partial charge in [0.2, 0.25) is 0 Å². The van der Waals surface area contributed by atoms with Crippen molar-refractivity contribution < 1.29 is 4.79 Å². The summed E-state index contributed by atoms with van der Waals surface area (Å²) < 4.78 is 0. The van der Waals surface area contributed by atoms with Gasteiger partial charge in [-0.1, -0.05) is 12.5 Å². The van der Waals surface area contributed by atoms with E-state index >= 15 is 0 Å². The van der Waals surface area contributed by atoms with Crippen LogP contribution in [0, 0.1) is 11.8 Å². The van der Waals surface area contributed by atoms with Gasteiger partial charge in [0, 0.05) is 29.2 Å². The van der Waals surface area contributed by atoms with Crippen LogP contribution in [0.4, 0.5) is 0 Å². The Morgan fingerprint density at radius 3 is 2.74 bits per heavy atom. The average Bonchev–Trinajstić information content (AvgIpc) is 2.55. The van der Waals surface area contributed by atoms with E-state index in [9.17, 15) is 4.79 Å². The Morgan fingerprint density at radius 1 is 1.17 bits per heavy atom.